The largest absolute Gasteiger partial charge is 0.493 e. The predicted octanol–water partition coefficient (Wildman–Crippen LogP) is 2.78. The summed E-state index contributed by atoms with van der Waals surface area (Å²) in [6.07, 6.45) is 5.90. The molecule has 1 aromatic carbocycles. The normalized spacial score (nSPS) is 13.4. The van der Waals surface area contributed by atoms with Gasteiger partial charge in [0.25, 0.3) is 0 Å². The predicted molar refractivity (Wildman–Crippen MR) is 90.4 cm³/mol. The van der Waals surface area contributed by atoms with E-state index in [0.29, 0.717) is 17.9 Å². The van der Waals surface area contributed by atoms with E-state index in [1.54, 1.807) is 19.2 Å². The van der Waals surface area contributed by atoms with Crippen LogP contribution in [0.1, 0.15) is 19.0 Å². The van der Waals surface area contributed by atoms with Crippen molar-refractivity contribution in [1.29, 1.82) is 0 Å². The molecule has 122 valence electrons. The van der Waals surface area contributed by atoms with E-state index < -0.39 is 10.1 Å². The summed E-state index contributed by atoms with van der Waals surface area (Å²) < 4.78 is 35.1. The molecule has 0 aliphatic carbocycles. The van der Waals surface area contributed by atoms with Crippen LogP contribution in [0.5, 0.6) is 11.5 Å². The van der Waals surface area contributed by atoms with Crippen LogP contribution in [0.3, 0.4) is 0 Å². The maximum Gasteiger partial charge on any atom is 0.309 e. The van der Waals surface area contributed by atoms with E-state index in [4.69, 9.17) is 8.92 Å². The zero-order valence-corrected chi connectivity index (χ0v) is 14.1. The average molecular weight is 334 g/mol. The van der Waals surface area contributed by atoms with E-state index in [9.17, 15) is 8.42 Å². The fourth-order valence-electron chi connectivity index (χ4n) is 2.68. The van der Waals surface area contributed by atoms with Crippen molar-refractivity contribution in [2.24, 2.45) is 0 Å². The molecule has 1 aromatic heterocycles. The molecule has 0 fully saturated rings. The van der Waals surface area contributed by atoms with Gasteiger partial charge in [0.05, 0.1) is 24.2 Å². The third-order valence-corrected chi connectivity index (χ3v) is 5.00. The highest BCUT2D eigenvalue weighted by Gasteiger charge is 2.26. The lowest BCUT2D eigenvalue weighted by atomic mass is 10.0. The first-order chi connectivity index (χ1) is 11.0. The molecular weight excluding hydrogens is 316 g/mol. The lowest BCUT2D eigenvalue weighted by molar-refractivity contribution is 0.391. The maximum absolute atomic E-state index is 12.2. The SMILES string of the molecule is CCCS(=O)(=O)Oc1c(OC)cc2ccnc3c2c1N(C)C=C3. The number of anilines is 1. The first-order valence-electron chi connectivity index (χ1n) is 7.29. The standard InChI is InChI=1S/C16H18N2O4S/c1-4-9-23(19,20)22-16-13(21-3)10-11-5-7-17-12-6-8-18(2)15(16)14(11)12/h5-8,10H,4,9H2,1-3H3. The number of benzene rings is 1. The first kappa shape index (κ1) is 15.6. The number of hydrogen-bond acceptors (Lipinski definition) is 6. The molecular formula is C16H18N2O4S. The summed E-state index contributed by atoms with van der Waals surface area (Å²) in [5, 5.41) is 1.76. The van der Waals surface area contributed by atoms with Crippen LogP contribution in [0, 0.1) is 0 Å². The number of ether oxygens (including phenoxy) is 1. The molecule has 1 aliphatic heterocycles. The number of methoxy groups -OCH3 is 1. The topological polar surface area (TPSA) is 68.7 Å². The van der Waals surface area contributed by atoms with Gasteiger partial charge in [0.1, 0.15) is 0 Å². The summed E-state index contributed by atoms with van der Waals surface area (Å²) in [5.41, 5.74) is 1.42. The van der Waals surface area contributed by atoms with E-state index >= 15 is 0 Å². The van der Waals surface area contributed by atoms with Crippen molar-refractivity contribution in [2.75, 3.05) is 24.8 Å². The molecule has 6 nitrogen and oxygen atoms in total. The van der Waals surface area contributed by atoms with Crippen molar-refractivity contribution in [3.05, 3.63) is 30.2 Å². The van der Waals surface area contributed by atoms with Crippen LogP contribution in [0.4, 0.5) is 5.69 Å². The fraction of sp³-hybridized carbons (Fsp3) is 0.312. The van der Waals surface area contributed by atoms with Crippen LogP contribution < -0.4 is 13.8 Å². The molecule has 0 saturated carbocycles. The Morgan fingerprint density at radius 3 is 2.83 bits per heavy atom. The fourth-order valence-corrected chi connectivity index (χ4v) is 3.68. The Hall–Kier alpha value is -2.28. The van der Waals surface area contributed by atoms with Gasteiger partial charge < -0.3 is 13.8 Å². The van der Waals surface area contributed by atoms with E-state index in [0.717, 1.165) is 16.5 Å². The van der Waals surface area contributed by atoms with Crippen LogP contribution in [-0.2, 0) is 10.1 Å². The quantitative estimate of drug-likeness (QED) is 0.783. The highest BCUT2D eigenvalue weighted by molar-refractivity contribution is 7.87. The first-order valence-corrected chi connectivity index (χ1v) is 8.87. The molecule has 0 bridgehead atoms. The molecule has 2 aromatic rings. The molecule has 0 saturated heterocycles. The average Bonchev–Trinajstić information content (AvgIpc) is 2.51. The Balaban J connectivity index is 2.29. The third kappa shape index (κ3) is 2.72. The monoisotopic (exact) mass is 334 g/mol. The molecule has 0 unspecified atom stereocenters. The molecule has 0 atom stereocenters. The van der Waals surface area contributed by atoms with Gasteiger partial charge in [-0.15, -0.1) is 0 Å². The maximum atomic E-state index is 12.2. The molecule has 0 radical (unpaired) electrons. The van der Waals surface area contributed by atoms with Gasteiger partial charge in [0.15, 0.2) is 5.75 Å². The minimum atomic E-state index is -3.68. The molecule has 0 spiro atoms. The highest BCUT2D eigenvalue weighted by Crippen LogP contribution is 2.46. The molecule has 1 aliphatic rings. The zero-order chi connectivity index (χ0) is 16.6. The minimum Gasteiger partial charge on any atom is -0.493 e. The van der Waals surface area contributed by atoms with Crippen molar-refractivity contribution < 1.29 is 17.3 Å². The van der Waals surface area contributed by atoms with Gasteiger partial charge in [-0.2, -0.15) is 8.42 Å². The van der Waals surface area contributed by atoms with Crippen LogP contribution in [0.15, 0.2) is 24.5 Å². The summed E-state index contributed by atoms with van der Waals surface area (Å²) in [6, 6.07) is 3.63. The second kappa shape index (κ2) is 5.73. The van der Waals surface area contributed by atoms with Gasteiger partial charge in [0.2, 0.25) is 5.75 Å². The Morgan fingerprint density at radius 2 is 2.13 bits per heavy atom. The molecule has 2 heterocycles. The van der Waals surface area contributed by atoms with Crippen molar-refractivity contribution in [3.8, 4) is 11.5 Å². The summed E-state index contributed by atoms with van der Waals surface area (Å²) >= 11 is 0. The summed E-state index contributed by atoms with van der Waals surface area (Å²) in [7, 11) is -0.355. The van der Waals surface area contributed by atoms with Crippen LogP contribution >= 0.6 is 0 Å². The van der Waals surface area contributed by atoms with Crippen molar-refractivity contribution in [2.45, 2.75) is 13.3 Å². The third-order valence-electron chi connectivity index (χ3n) is 3.67. The Morgan fingerprint density at radius 1 is 1.35 bits per heavy atom. The lowest BCUT2D eigenvalue weighted by Crippen LogP contribution is -2.18. The van der Waals surface area contributed by atoms with E-state index in [-0.39, 0.29) is 11.5 Å². The molecule has 7 heteroatoms. The van der Waals surface area contributed by atoms with Crippen molar-refractivity contribution in [3.63, 3.8) is 0 Å². The van der Waals surface area contributed by atoms with E-state index in [2.05, 4.69) is 4.98 Å². The molecule has 3 rings (SSSR count). The number of aromatic nitrogens is 1. The summed E-state index contributed by atoms with van der Waals surface area (Å²) in [6.45, 7) is 1.79. The summed E-state index contributed by atoms with van der Waals surface area (Å²) in [4.78, 5) is 6.16. The second-order valence-electron chi connectivity index (χ2n) is 5.32. The van der Waals surface area contributed by atoms with Gasteiger partial charge in [-0.25, -0.2) is 0 Å². The van der Waals surface area contributed by atoms with Gasteiger partial charge in [0, 0.05) is 24.8 Å². The Bertz CT molecular complexity index is 891. The zero-order valence-electron chi connectivity index (χ0n) is 13.2. The highest BCUT2D eigenvalue weighted by atomic mass is 32.2. The van der Waals surface area contributed by atoms with Gasteiger partial charge in [-0.1, -0.05) is 6.92 Å². The van der Waals surface area contributed by atoms with E-state index in [1.807, 2.05) is 30.3 Å². The van der Waals surface area contributed by atoms with Crippen molar-refractivity contribution >= 4 is 32.7 Å². The Kier molecular flexibility index (Phi) is 3.89. The lowest BCUT2D eigenvalue weighted by Gasteiger charge is -2.25. The smallest absolute Gasteiger partial charge is 0.309 e. The van der Waals surface area contributed by atoms with Crippen LogP contribution in [-0.4, -0.2) is 33.3 Å². The molecule has 23 heavy (non-hydrogen) atoms. The number of pyridine rings is 1. The second-order valence-corrected chi connectivity index (χ2v) is 7.01. The van der Waals surface area contributed by atoms with Crippen molar-refractivity contribution in [1.82, 2.24) is 4.98 Å². The van der Waals surface area contributed by atoms with Gasteiger partial charge >= 0.3 is 10.1 Å². The molecule has 0 N–H and O–H groups in total. The number of rotatable bonds is 5. The van der Waals surface area contributed by atoms with Crippen LogP contribution in [0.25, 0.3) is 16.8 Å². The van der Waals surface area contributed by atoms with Gasteiger partial charge in [-0.3, -0.25) is 4.98 Å². The van der Waals surface area contributed by atoms with Gasteiger partial charge in [-0.05, 0) is 30.0 Å². The van der Waals surface area contributed by atoms with Crippen LogP contribution in [0.2, 0.25) is 0 Å². The number of hydrogen-bond donors (Lipinski definition) is 0. The molecule has 0 amide bonds. The van der Waals surface area contributed by atoms with E-state index in [1.165, 1.54) is 7.11 Å². The Labute approximate surface area is 135 Å². The summed E-state index contributed by atoms with van der Waals surface area (Å²) in [5.74, 6) is 0.536. The minimum absolute atomic E-state index is 0.0485. The number of nitrogens with zero attached hydrogens (tertiary/aromatic N) is 2.